The lowest BCUT2D eigenvalue weighted by Crippen LogP contribution is -2.27. The highest BCUT2D eigenvalue weighted by molar-refractivity contribution is 7.89. The van der Waals surface area contributed by atoms with E-state index in [2.05, 4.69) is 5.32 Å². The van der Waals surface area contributed by atoms with Crippen LogP contribution in [0.3, 0.4) is 0 Å². The molecule has 6 nitrogen and oxygen atoms in total. The molecule has 0 aliphatic carbocycles. The van der Waals surface area contributed by atoms with Crippen LogP contribution < -0.4 is 10.1 Å². The van der Waals surface area contributed by atoms with Gasteiger partial charge >= 0.3 is 0 Å². The summed E-state index contributed by atoms with van der Waals surface area (Å²) in [6, 6.07) is 11.9. The summed E-state index contributed by atoms with van der Waals surface area (Å²) in [5.41, 5.74) is 1.78. The van der Waals surface area contributed by atoms with Crippen LogP contribution in [-0.4, -0.2) is 38.3 Å². The van der Waals surface area contributed by atoms with Crippen molar-refractivity contribution in [3.05, 3.63) is 53.1 Å². The minimum atomic E-state index is -3.54. The molecular formula is C20H23ClN2O4S. The van der Waals surface area contributed by atoms with Gasteiger partial charge < -0.3 is 10.1 Å². The third-order valence-electron chi connectivity index (χ3n) is 4.64. The van der Waals surface area contributed by atoms with Gasteiger partial charge in [0.05, 0.1) is 9.92 Å². The summed E-state index contributed by atoms with van der Waals surface area (Å²) in [5, 5.41) is 2.97. The number of halogens is 1. The topological polar surface area (TPSA) is 75.7 Å². The van der Waals surface area contributed by atoms with E-state index in [0.29, 0.717) is 13.1 Å². The third kappa shape index (κ3) is 4.66. The molecule has 2 aromatic carbocycles. The zero-order valence-corrected chi connectivity index (χ0v) is 17.2. The Kier molecular flexibility index (Phi) is 6.59. The van der Waals surface area contributed by atoms with Gasteiger partial charge in [-0.2, -0.15) is 4.31 Å². The maximum absolute atomic E-state index is 12.6. The number of ether oxygens (including phenoxy) is 1. The van der Waals surface area contributed by atoms with Crippen LogP contribution in [0.4, 0.5) is 5.69 Å². The number of carbonyl (C=O) groups excluding carboxylic acids is 1. The first kappa shape index (κ1) is 20.6. The van der Waals surface area contributed by atoms with Crippen LogP contribution in [-0.2, 0) is 21.2 Å². The number of benzene rings is 2. The van der Waals surface area contributed by atoms with Crippen molar-refractivity contribution < 1.29 is 17.9 Å². The third-order valence-corrected chi connectivity index (χ3v) is 6.83. The van der Waals surface area contributed by atoms with Crippen LogP contribution >= 0.6 is 11.6 Å². The zero-order valence-electron chi connectivity index (χ0n) is 15.7. The molecule has 0 spiro atoms. The lowest BCUT2D eigenvalue weighted by Gasteiger charge is -2.16. The molecule has 0 saturated carbocycles. The number of hydrogen-bond acceptors (Lipinski definition) is 4. The normalized spacial score (nSPS) is 14.8. The Morgan fingerprint density at radius 3 is 2.57 bits per heavy atom. The number of para-hydroxylation sites is 1. The van der Waals surface area contributed by atoms with Crippen molar-refractivity contribution in [3.63, 3.8) is 0 Å². The van der Waals surface area contributed by atoms with Crippen molar-refractivity contribution in [2.75, 3.05) is 25.0 Å². The standard InChI is InChI=1S/C20H23ClN2O4S/c1-2-15-7-3-4-8-18(15)22-20(24)14-27-19-10-9-16(13-17(19)21)28(25,26)23-11-5-6-12-23/h3-4,7-10,13H,2,5-6,11-12,14H2,1H3,(H,22,24). The van der Waals surface area contributed by atoms with Gasteiger partial charge in [-0.3, -0.25) is 4.79 Å². The molecule has 1 N–H and O–H groups in total. The van der Waals surface area contributed by atoms with Crippen molar-refractivity contribution in [3.8, 4) is 5.75 Å². The van der Waals surface area contributed by atoms with Crippen molar-refractivity contribution in [1.82, 2.24) is 4.31 Å². The van der Waals surface area contributed by atoms with Gasteiger partial charge in [0.2, 0.25) is 10.0 Å². The number of amides is 1. The molecule has 8 heteroatoms. The molecule has 1 amide bonds. The molecule has 0 aromatic heterocycles. The monoisotopic (exact) mass is 422 g/mol. The maximum Gasteiger partial charge on any atom is 0.262 e. The lowest BCUT2D eigenvalue weighted by atomic mass is 10.1. The Morgan fingerprint density at radius 2 is 1.89 bits per heavy atom. The van der Waals surface area contributed by atoms with Crippen molar-refractivity contribution in [1.29, 1.82) is 0 Å². The first-order valence-electron chi connectivity index (χ1n) is 9.22. The Bertz CT molecular complexity index is 956. The number of sulfonamides is 1. The van der Waals surface area contributed by atoms with Crippen molar-refractivity contribution >= 4 is 33.2 Å². The van der Waals surface area contributed by atoms with E-state index < -0.39 is 10.0 Å². The van der Waals surface area contributed by atoms with Crippen LogP contribution in [0.2, 0.25) is 5.02 Å². The van der Waals surface area contributed by atoms with E-state index in [1.165, 1.54) is 22.5 Å². The Hall–Kier alpha value is -2.09. The zero-order chi connectivity index (χ0) is 20.1. The highest BCUT2D eigenvalue weighted by Gasteiger charge is 2.27. The first-order valence-corrected chi connectivity index (χ1v) is 11.0. The fourth-order valence-electron chi connectivity index (χ4n) is 3.12. The quantitative estimate of drug-likeness (QED) is 0.738. The van der Waals surface area contributed by atoms with Gasteiger partial charge in [0.1, 0.15) is 5.75 Å². The van der Waals surface area contributed by atoms with Crippen LogP contribution in [0.5, 0.6) is 5.75 Å². The largest absolute Gasteiger partial charge is 0.482 e. The molecule has 1 heterocycles. The van der Waals surface area contributed by atoms with Crippen LogP contribution in [0, 0.1) is 0 Å². The molecular weight excluding hydrogens is 400 g/mol. The van der Waals surface area contributed by atoms with Crippen LogP contribution in [0.25, 0.3) is 0 Å². The summed E-state index contributed by atoms with van der Waals surface area (Å²) in [4.78, 5) is 12.3. The predicted molar refractivity (Wildman–Crippen MR) is 109 cm³/mol. The average Bonchev–Trinajstić information content (AvgIpc) is 3.23. The Balaban J connectivity index is 1.64. The summed E-state index contributed by atoms with van der Waals surface area (Å²) < 4.78 is 32.1. The molecule has 2 aromatic rings. The maximum atomic E-state index is 12.6. The van der Waals surface area contributed by atoms with Gasteiger partial charge in [0.15, 0.2) is 6.61 Å². The number of aryl methyl sites for hydroxylation is 1. The van der Waals surface area contributed by atoms with Crippen LogP contribution in [0.1, 0.15) is 25.3 Å². The van der Waals surface area contributed by atoms with E-state index in [4.69, 9.17) is 16.3 Å². The van der Waals surface area contributed by atoms with Crippen molar-refractivity contribution in [2.45, 2.75) is 31.1 Å². The minimum absolute atomic E-state index is 0.132. The minimum Gasteiger partial charge on any atom is -0.482 e. The summed E-state index contributed by atoms with van der Waals surface area (Å²) in [7, 11) is -3.54. The second-order valence-electron chi connectivity index (χ2n) is 6.55. The van der Waals surface area contributed by atoms with Crippen molar-refractivity contribution in [2.24, 2.45) is 0 Å². The fourth-order valence-corrected chi connectivity index (χ4v) is 4.96. The van der Waals surface area contributed by atoms with Crippen LogP contribution in [0.15, 0.2) is 47.4 Å². The molecule has 28 heavy (non-hydrogen) atoms. The number of hydrogen-bond donors (Lipinski definition) is 1. The molecule has 1 saturated heterocycles. The number of nitrogens with zero attached hydrogens (tertiary/aromatic N) is 1. The summed E-state index contributed by atoms with van der Waals surface area (Å²) in [6.45, 7) is 2.84. The highest BCUT2D eigenvalue weighted by Crippen LogP contribution is 2.30. The van der Waals surface area contributed by atoms with Gasteiger partial charge in [-0.1, -0.05) is 36.7 Å². The van der Waals surface area contributed by atoms with E-state index in [1.54, 1.807) is 0 Å². The number of carbonyl (C=O) groups is 1. The van der Waals surface area contributed by atoms with Gasteiger partial charge in [0.25, 0.3) is 5.91 Å². The second-order valence-corrected chi connectivity index (χ2v) is 8.90. The van der Waals surface area contributed by atoms with E-state index in [9.17, 15) is 13.2 Å². The molecule has 0 radical (unpaired) electrons. The second kappa shape index (κ2) is 8.94. The van der Waals surface area contributed by atoms with E-state index >= 15 is 0 Å². The Labute approximate surface area is 170 Å². The predicted octanol–water partition coefficient (Wildman–Crippen LogP) is 3.70. The van der Waals surface area contributed by atoms with Gasteiger partial charge in [-0.05, 0) is 49.1 Å². The Morgan fingerprint density at radius 1 is 1.18 bits per heavy atom. The van der Waals surface area contributed by atoms with E-state index in [1.807, 2.05) is 31.2 Å². The summed E-state index contributed by atoms with van der Waals surface area (Å²) >= 11 is 6.19. The highest BCUT2D eigenvalue weighted by atomic mass is 35.5. The number of nitrogens with one attached hydrogen (secondary N) is 1. The molecule has 1 fully saturated rings. The molecule has 1 aliphatic heterocycles. The summed E-state index contributed by atoms with van der Waals surface area (Å²) in [5.74, 6) is -0.0494. The molecule has 0 bridgehead atoms. The fraction of sp³-hybridized carbons (Fsp3) is 0.350. The molecule has 0 atom stereocenters. The SMILES string of the molecule is CCc1ccccc1NC(=O)COc1ccc(S(=O)(=O)N2CCCC2)cc1Cl. The molecule has 1 aliphatic rings. The van der Waals surface area contributed by atoms with Gasteiger partial charge in [0, 0.05) is 18.8 Å². The van der Waals surface area contributed by atoms with E-state index in [-0.39, 0.29) is 28.2 Å². The number of rotatable bonds is 7. The molecule has 0 unspecified atom stereocenters. The average molecular weight is 423 g/mol. The first-order chi connectivity index (χ1) is 13.4. The summed E-state index contributed by atoms with van der Waals surface area (Å²) in [6.07, 6.45) is 2.53. The lowest BCUT2D eigenvalue weighted by molar-refractivity contribution is -0.118. The van der Waals surface area contributed by atoms with E-state index in [0.717, 1.165) is 30.5 Å². The number of anilines is 1. The molecule has 150 valence electrons. The smallest absolute Gasteiger partial charge is 0.262 e. The van der Waals surface area contributed by atoms with Gasteiger partial charge in [-0.25, -0.2) is 8.42 Å². The molecule has 3 rings (SSSR count). The van der Waals surface area contributed by atoms with Gasteiger partial charge in [-0.15, -0.1) is 0 Å².